The van der Waals surface area contributed by atoms with Crippen molar-refractivity contribution in [2.75, 3.05) is 0 Å². The van der Waals surface area contributed by atoms with Crippen molar-refractivity contribution in [3.05, 3.63) is 67.9 Å². The molecular formula is C13H6BrCl2FO. The number of halogens is 4. The van der Waals surface area contributed by atoms with Crippen LogP contribution in [0.4, 0.5) is 4.39 Å². The van der Waals surface area contributed by atoms with Gasteiger partial charge in [-0.2, -0.15) is 0 Å². The fraction of sp³-hybridized carbons (Fsp3) is 0. The zero-order chi connectivity index (χ0) is 13.3. The number of carbonyl (C=O) groups excluding carboxylic acids is 1. The van der Waals surface area contributed by atoms with E-state index in [1.54, 1.807) is 12.1 Å². The van der Waals surface area contributed by atoms with Crippen LogP contribution in [0.1, 0.15) is 15.9 Å². The Balaban J connectivity index is 2.44. The Kier molecular flexibility index (Phi) is 4.05. The molecule has 0 radical (unpaired) electrons. The molecule has 92 valence electrons. The molecule has 0 N–H and O–H groups in total. The Labute approximate surface area is 122 Å². The summed E-state index contributed by atoms with van der Waals surface area (Å²) in [6, 6.07) is 8.64. The molecule has 0 bridgehead atoms. The number of benzene rings is 2. The maximum atomic E-state index is 13.6. The van der Waals surface area contributed by atoms with Crippen molar-refractivity contribution >= 4 is 44.9 Å². The topological polar surface area (TPSA) is 17.1 Å². The van der Waals surface area contributed by atoms with Crippen molar-refractivity contribution in [2.45, 2.75) is 0 Å². The maximum Gasteiger partial charge on any atom is 0.196 e. The highest BCUT2D eigenvalue weighted by Gasteiger charge is 2.15. The summed E-state index contributed by atoms with van der Waals surface area (Å²) in [7, 11) is 0. The van der Waals surface area contributed by atoms with Crippen molar-refractivity contribution in [2.24, 2.45) is 0 Å². The van der Waals surface area contributed by atoms with E-state index in [1.807, 2.05) is 0 Å². The minimum atomic E-state index is -0.647. The van der Waals surface area contributed by atoms with Crippen molar-refractivity contribution in [3.8, 4) is 0 Å². The molecule has 0 heterocycles. The van der Waals surface area contributed by atoms with Gasteiger partial charge in [0.1, 0.15) is 5.82 Å². The molecule has 0 amide bonds. The van der Waals surface area contributed by atoms with Gasteiger partial charge in [-0.3, -0.25) is 4.79 Å². The predicted octanol–water partition coefficient (Wildman–Crippen LogP) is 5.13. The molecule has 0 saturated carbocycles. The van der Waals surface area contributed by atoms with Crippen molar-refractivity contribution in [1.82, 2.24) is 0 Å². The van der Waals surface area contributed by atoms with E-state index in [0.717, 1.165) is 6.07 Å². The van der Waals surface area contributed by atoms with Gasteiger partial charge in [0, 0.05) is 15.1 Å². The minimum Gasteiger partial charge on any atom is -0.288 e. The van der Waals surface area contributed by atoms with E-state index in [9.17, 15) is 9.18 Å². The molecule has 2 aromatic carbocycles. The average molecular weight is 348 g/mol. The quantitative estimate of drug-likeness (QED) is 0.688. The van der Waals surface area contributed by atoms with Crippen LogP contribution in [0.5, 0.6) is 0 Å². The monoisotopic (exact) mass is 346 g/mol. The summed E-state index contributed by atoms with van der Waals surface area (Å²) < 4.78 is 14.3. The van der Waals surface area contributed by atoms with Crippen LogP contribution in [0.2, 0.25) is 10.0 Å². The maximum absolute atomic E-state index is 13.6. The van der Waals surface area contributed by atoms with Gasteiger partial charge in [0.05, 0.1) is 10.6 Å². The van der Waals surface area contributed by atoms with E-state index in [1.165, 1.54) is 18.2 Å². The first-order valence-electron chi connectivity index (χ1n) is 4.94. The van der Waals surface area contributed by atoms with E-state index in [2.05, 4.69) is 15.9 Å². The summed E-state index contributed by atoms with van der Waals surface area (Å²) in [5, 5.41) is 0.646. The van der Waals surface area contributed by atoms with Gasteiger partial charge in [-0.25, -0.2) is 4.39 Å². The van der Waals surface area contributed by atoms with Crippen LogP contribution in [-0.2, 0) is 0 Å². The number of hydrogen-bond donors (Lipinski definition) is 0. The Morgan fingerprint density at radius 2 is 1.83 bits per heavy atom. The number of hydrogen-bond acceptors (Lipinski definition) is 1. The lowest BCUT2D eigenvalue weighted by Crippen LogP contribution is -2.04. The third-order valence-corrected chi connectivity index (χ3v) is 3.83. The molecule has 0 saturated heterocycles. The fourth-order valence-corrected chi connectivity index (χ4v) is 2.05. The highest BCUT2D eigenvalue weighted by Crippen LogP contribution is 2.25. The standard InChI is InChI=1S/C13H6BrCl2FO/c14-10-4-1-7(5-11(10)16)13(18)9-3-2-8(15)6-12(9)17/h1-6H. The second-order valence-electron chi connectivity index (χ2n) is 3.58. The van der Waals surface area contributed by atoms with Crippen LogP contribution in [0.25, 0.3) is 0 Å². The van der Waals surface area contributed by atoms with E-state index >= 15 is 0 Å². The molecule has 0 aromatic heterocycles. The molecule has 18 heavy (non-hydrogen) atoms. The van der Waals surface area contributed by atoms with Gasteiger partial charge in [0.15, 0.2) is 5.78 Å². The summed E-state index contributed by atoms with van der Waals surface area (Å²) in [6.45, 7) is 0. The lowest BCUT2D eigenvalue weighted by atomic mass is 10.0. The molecule has 0 aliphatic carbocycles. The number of ketones is 1. The highest BCUT2D eigenvalue weighted by atomic mass is 79.9. The second-order valence-corrected chi connectivity index (χ2v) is 5.28. The van der Waals surface area contributed by atoms with Gasteiger partial charge in [-0.05, 0) is 52.3 Å². The second kappa shape index (κ2) is 5.39. The Hall–Kier alpha value is -0.900. The first kappa shape index (κ1) is 13.5. The largest absolute Gasteiger partial charge is 0.288 e. The summed E-state index contributed by atoms with van der Waals surface area (Å²) in [5.74, 6) is -1.08. The van der Waals surface area contributed by atoms with Crippen molar-refractivity contribution in [1.29, 1.82) is 0 Å². The Morgan fingerprint density at radius 1 is 1.11 bits per heavy atom. The predicted molar refractivity (Wildman–Crippen MR) is 74.0 cm³/mol. The molecule has 5 heteroatoms. The van der Waals surface area contributed by atoms with Crippen LogP contribution < -0.4 is 0 Å². The molecular weight excluding hydrogens is 342 g/mol. The first-order chi connectivity index (χ1) is 8.49. The minimum absolute atomic E-state index is 0.0298. The molecule has 0 unspecified atom stereocenters. The smallest absolute Gasteiger partial charge is 0.196 e. The zero-order valence-corrected chi connectivity index (χ0v) is 12.0. The highest BCUT2D eigenvalue weighted by molar-refractivity contribution is 9.10. The Bertz CT molecular complexity index is 628. The third kappa shape index (κ3) is 2.74. The SMILES string of the molecule is O=C(c1ccc(Br)c(Cl)c1)c1ccc(Cl)cc1F. The van der Waals surface area contributed by atoms with E-state index < -0.39 is 11.6 Å². The van der Waals surface area contributed by atoms with E-state index in [-0.39, 0.29) is 10.6 Å². The normalized spacial score (nSPS) is 10.4. The van der Waals surface area contributed by atoms with Gasteiger partial charge < -0.3 is 0 Å². The molecule has 0 aliphatic rings. The van der Waals surface area contributed by atoms with Gasteiger partial charge in [0.2, 0.25) is 0 Å². The third-order valence-electron chi connectivity index (χ3n) is 2.36. The van der Waals surface area contributed by atoms with Crippen LogP contribution in [0.15, 0.2) is 40.9 Å². The lowest BCUT2D eigenvalue weighted by molar-refractivity contribution is 0.103. The molecule has 0 fully saturated rings. The molecule has 2 rings (SSSR count). The molecule has 0 atom stereocenters. The van der Waals surface area contributed by atoms with Gasteiger partial charge in [0.25, 0.3) is 0 Å². The lowest BCUT2D eigenvalue weighted by Gasteiger charge is -2.04. The van der Waals surface area contributed by atoms with Crippen LogP contribution in [0.3, 0.4) is 0 Å². The molecule has 0 spiro atoms. The summed E-state index contributed by atoms with van der Waals surface area (Å²) in [6.07, 6.45) is 0. The Morgan fingerprint density at radius 3 is 2.44 bits per heavy atom. The first-order valence-corrected chi connectivity index (χ1v) is 6.49. The number of rotatable bonds is 2. The van der Waals surface area contributed by atoms with Crippen LogP contribution in [0, 0.1) is 5.82 Å². The molecule has 2 aromatic rings. The van der Waals surface area contributed by atoms with Gasteiger partial charge in [-0.1, -0.05) is 23.2 Å². The van der Waals surface area contributed by atoms with E-state index in [4.69, 9.17) is 23.2 Å². The van der Waals surface area contributed by atoms with Crippen LogP contribution >= 0.6 is 39.1 Å². The summed E-state index contributed by atoms with van der Waals surface area (Å²) >= 11 is 14.8. The van der Waals surface area contributed by atoms with Crippen LogP contribution in [-0.4, -0.2) is 5.78 Å². The van der Waals surface area contributed by atoms with E-state index in [0.29, 0.717) is 15.1 Å². The summed E-state index contributed by atoms with van der Waals surface area (Å²) in [4.78, 5) is 12.1. The molecule has 0 aliphatic heterocycles. The average Bonchev–Trinajstić information content (AvgIpc) is 2.32. The van der Waals surface area contributed by atoms with Gasteiger partial charge in [-0.15, -0.1) is 0 Å². The zero-order valence-electron chi connectivity index (χ0n) is 8.88. The van der Waals surface area contributed by atoms with Crippen molar-refractivity contribution in [3.63, 3.8) is 0 Å². The van der Waals surface area contributed by atoms with Gasteiger partial charge >= 0.3 is 0 Å². The molecule has 1 nitrogen and oxygen atoms in total. The summed E-state index contributed by atoms with van der Waals surface area (Å²) in [5.41, 5.74) is 0.294. The number of carbonyl (C=O) groups is 1. The fourth-order valence-electron chi connectivity index (χ4n) is 1.47. The van der Waals surface area contributed by atoms with Crippen molar-refractivity contribution < 1.29 is 9.18 Å².